The van der Waals surface area contributed by atoms with Gasteiger partial charge in [0.05, 0.1) is 25.9 Å². The van der Waals surface area contributed by atoms with Crippen LogP contribution in [0.25, 0.3) is 22.3 Å². The summed E-state index contributed by atoms with van der Waals surface area (Å²) in [4.78, 5) is 45.8. The first kappa shape index (κ1) is 29.8. The number of nitrogen functional groups attached to an aromatic ring is 2. The van der Waals surface area contributed by atoms with Gasteiger partial charge in [0.1, 0.15) is 54.2 Å². The minimum absolute atomic E-state index is 0.0348. The molecule has 4 aromatic rings. The molecule has 20 nitrogen and oxygen atoms in total. The molecule has 3 aliphatic rings. The maximum Gasteiger partial charge on any atom is 0.472 e. The van der Waals surface area contributed by atoms with Gasteiger partial charge in [-0.3, -0.25) is 22.7 Å². The molecule has 236 valence electrons. The third-order valence-electron chi connectivity index (χ3n) is 7.22. The van der Waals surface area contributed by atoms with Crippen molar-refractivity contribution in [3.63, 3.8) is 0 Å². The highest BCUT2D eigenvalue weighted by Crippen LogP contribution is 2.54. The number of aliphatic hydroxyl groups is 1. The monoisotopic (exact) mass is 676 g/mol. The number of nitrogens with two attached hydrogens (primary N) is 2. The fourth-order valence-electron chi connectivity index (χ4n) is 5.19. The summed E-state index contributed by atoms with van der Waals surface area (Å²) < 4.78 is 64.7. The Bertz CT molecular complexity index is 1830. The Labute approximate surface area is 249 Å². The van der Waals surface area contributed by atoms with E-state index in [0.717, 1.165) is 6.33 Å². The number of nitrogens with zero attached hydrogens (tertiary/aromatic N) is 8. The molecule has 7 heterocycles. The van der Waals surface area contributed by atoms with E-state index < -0.39 is 76.9 Å². The normalized spacial score (nSPS) is 38.3. The molecule has 3 aliphatic heterocycles. The summed E-state index contributed by atoms with van der Waals surface area (Å²) in [6.07, 6.45) is -7.61. The summed E-state index contributed by atoms with van der Waals surface area (Å²) in [6, 6.07) is 0. The lowest BCUT2D eigenvalue weighted by atomic mass is 10.1. The number of fused-ring (bicyclic) bond motifs is 5. The van der Waals surface area contributed by atoms with Crippen LogP contribution in [0.15, 0.2) is 25.3 Å². The highest BCUT2D eigenvalue weighted by Gasteiger charge is 2.54. The fourth-order valence-corrected chi connectivity index (χ4v) is 7.56. The Balaban J connectivity index is 1.20. The topological polar surface area (TPSA) is 272 Å². The highest BCUT2D eigenvalue weighted by atomic mass is 32.5. The predicted octanol–water partition coefficient (Wildman–Crippen LogP) is -0.541. The Morgan fingerprint density at radius 3 is 2.05 bits per heavy atom. The molecule has 7 N–H and O–H groups in total. The zero-order valence-electron chi connectivity index (χ0n) is 22.0. The van der Waals surface area contributed by atoms with Crippen LogP contribution in [0.5, 0.6) is 0 Å². The summed E-state index contributed by atoms with van der Waals surface area (Å²) in [5, 5.41) is 11.1. The minimum Gasteiger partial charge on any atom is -0.387 e. The molecule has 10 atom stereocenters. The number of anilines is 2. The summed E-state index contributed by atoms with van der Waals surface area (Å²) in [6.45, 7) is -5.66. The predicted molar refractivity (Wildman–Crippen MR) is 146 cm³/mol. The van der Waals surface area contributed by atoms with Crippen molar-refractivity contribution < 1.29 is 51.4 Å². The molecule has 0 aromatic carbocycles. The summed E-state index contributed by atoms with van der Waals surface area (Å²) in [5.74, 6) is 0.101. The Kier molecular flexibility index (Phi) is 7.39. The molecule has 24 heteroatoms. The van der Waals surface area contributed by atoms with E-state index in [1.165, 1.54) is 28.1 Å². The van der Waals surface area contributed by atoms with E-state index in [1.54, 1.807) is 0 Å². The number of aromatic nitrogens is 8. The number of rotatable bonds is 2. The van der Waals surface area contributed by atoms with Gasteiger partial charge < -0.3 is 40.4 Å². The molecule has 3 fully saturated rings. The van der Waals surface area contributed by atoms with Crippen LogP contribution in [0.1, 0.15) is 12.5 Å². The van der Waals surface area contributed by atoms with E-state index in [4.69, 9.17) is 50.8 Å². The molecular formula is C20H23FN10O10P2S. The van der Waals surface area contributed by atoms with E-state index >= 15 is 4.39 Å². The lowest BCUT2D eigenvalue weighted by molar-refractivity contribution is -0.0635. The van der Waals surface area contributed by atoms with Crippen LogP contribution in [0.3, 0.4) is 0 Å². The molecule has 2 bridgehead atoms. The standard InChI is InChI=1S/C20H23FN10O10P2S/c21-9-13-8(39-19(9)30-5-28-10-15(22)24-3-26-17(10)30)2-37-43(35,44)41-14-12(32)7(1-36-42(33,34)40-13)38-20(14)31-6-29-11-16(23)25-4-27-18(11)31/h3-9,12-14,19-20,32H,1-2H2,(H,33,34)(H,35,44)(H2,22,24,26)(H2,23,25,27)/t7-,8-,9?,12?,13+,14+,19-,20-,43?/m1/s1. The molecule has 7 rings (SSSR count). The van der Waals surface area contributed by atoms with Gasteiger partial charge in [0.25, 0.3) is 0 Å². The van der Waals surface area contributed by atoms with Gasteiger partial charge >= 0.3 is 14.5 Å². The second-order valence-electron chi connectivity index (χ2n) is 9.90. The second-order valence-corrected chi connectivity index (χ2v) is 14.1. The quantitative estimate of drug-likeness (QED) is 0.167. The summed E-state index contributed by atoms with van der Waals surface area (Å²) in [7, 11) is -5.05. The van der Waals surface area contributed by atoms with Gasteiger partial charge in [-0.05, 0) is 11.8 Å². The zero-order valence-corrected chi connectivity index (χ0v) is 24.6. The Morgan fingerprint density at radius 1 is 0.841 bits per heavy atom. The van der Waals surface area contributed by atoms with Gasteiger partial charge in [-0.15, -0.1) is 0 Å². The molecular weight excluding hydrogens is 653 g/mol. The molecule has 0 saturated carbocycles. The molecule has 0 aliphatic carbocycles. The molecule has 4 unspecified atom stereocenters. The number of ether oxygens (including phenoxy) is 2. The maximum atomic E-state index is 15.9. The van der Waals surface area contributed by atoms with Gasteiger partial charge in [0.15, 0.2) is 41.6 Å². The SMILES string of the molecule is Nc1ncnc2c1ncn2[C@@H]1O[C@@H]2COP(O)(=S)O[C@H]3C(O)[C@@H](COP(=O)(O)O[C@@H]2C1F)O[C@H]3n1cnc2c(N)ncnc21. The first-order valence-corrected chi connectivity index (χ1v) is 16.8. The van der Waals surface area contributed by atoms with Gasteiger partial charge in [-0.25, -0.2) is 38.9 Å². The van der Waals surface area contributed by atoms with Crippen LogP contribution >= 0.6 is 14.5 Å². The van der Waals surface area contributed by atoms with Crippen molar-refractivity contribution in [3.8, 4) is 0 Å². The number of hydrogen-bond acceptors (Lipinski definition) is 17. The van der Waals surface area contributed by atoms with Crippen LogP contribution in [0, 0.1) is 0 Å². The molecule has 0 amide bonds. The van der Waals surface area contributed by atoms with E-state index in [-0.39, 0.29) is 34.0 Å². The highest BCUT2D eigenvalue weighted by molar-refractivity contribution is 8.07. The van der Waals surface area contributed by atoms with E-state index in [0.29, 0.717) is 0 Å². The number of alkyl halides is 1. The first-order chi connectivity index (χ1) is 20.9. The molecule has 44 heavy (non-hydrogen) atoms. The van der Waals surface area contributed by atoms with Crippen LogP contribution in [0.2, 0.25) is 0 Å². The fraction of sp³-hybridized carbons (Fsp3) is 0.500. The summed E-state index contributed by atoms with van der Waals surface area (Å²) in [5.41, 5.74) is 12.4. The molecule has 0 radical (unpaired) electrons. The van der Waals surface area contributed by atoms with Crippen LogP contribution < -0.4 is 11.5 Å². The molecule has 4 aromatic heterocycles. The maximum absolute atomic E-state index is 15.9. The van der Waals surface area contributed by atoms with Crippen molar-refractivity contribution in [2.24, 2.45) is 0 Å². The third kappa shape index (κ3) is 5.15. The number of halogens is 1. The van der Waals surface area contributed by atoms with Crippen LogP contribution in [-0.4, -0.2) is 104 Å². The lowest BCUT2D eigenvalue weighted by Crippen LogP contribution is -2.35. The first-order valence-electron chi connectivity index (χ1n) is 12.7. The van der Waals surface area contributed by atoms with Crippen LogP contribution in [-0.2, 0) is 43.9 Å². The third-order valence-corrected chi connectivity index (χ3v) is 9.76. The van der Waals surface area contributed by atoms with E-state index in [9.17, 15) is 19.5 Å². The molecule has 0 spiro atoms. The number of imidazole rings is 2. The minimum atomic E-state index is -5.05. The average molecular weight is 676 g/mol. The van der Waals surface area contributed by atoms with Crippen molar-refractivity contribution >= 4 is 60.3 Å². The number of hydrogen-bond donors (Lipinski definition) is 5. The lowest BCUT2D eigenvalue weighted by Gasteiger charge is -2.27. The van der Waals surface area contributed by atoms with Gasteiger partial charge in [0, 0.05) is 0 Å². The van der Waals surface area contributed by atoms with Crippen molar-refractivity contribution in [1.29, 1.82) is 0 Å². The smallest absolute Gasteiger partial charge is 0.387 e. The van der Waals surface area contributed by atoms with Gasteiger partial charge in [0.2, 0.25) is 0 Å². The number of phosphoric ester groups is 1. The van der Waals surface area contributed by atoms with E-state index in [2.05, 4.69) is 29.9 Å². The Hall–Kier alpha value is -2.85. The van der Waals surface area contributed by atoms with Crippen molar-refractivity contribution in [2.75, 3.05) is 24.7 Å². The van der Waals surface area contributed by atoms with Crippen molar-refractivity contribution in [3.05, 3.63) is 25.3 Å². The number of aliphatic hydroxyl groups excluding tert-OH is 1. The van der Waals surface area contributed by atoms with Gasteiger partial charge in [-0.2, -0.15) is 0 Å². The van der Waals surface area contributed by atoms with Gasteiger partial charge in [-0.1, -0.05) is 0 Å². The zero-order chi connectivity index (χ0) is 31.0. The molecule has 3 saturated heterocycles. The largest absolute Gasteiger partial charge is 0.472 e. The van der Waals surface area contributed by atoms with Crippen molar-refractivity contribution in [1.82, 2.24) is 39.0 Å². The average Bonchev–Trinajstić information content (AvgIpc) is 3.73. The number of phosphoric acid groups is 1. The van der Waals surface area contributed by atoms with Crippen molar-refractivity contribution in [2.45, 2.75) is 49.1 Å². The van der Waals surface area contributed by atoms with Crippen LogP contribution in [0.4, 0.5) is 16.0 Å². The van der Waals surface area contributed by atoms with E-state index in [1.807, 2.05) is 0 Å². The second kappa shape index (κ2) is 10.9. The summed E-state index contributed by atoms with van der Waals surface area (Å²) >= 11 is 5.21. The Morgan fingerprint density at radius 2 is 1.41 bits per heavy atom.